The van der Waals surface area contributed by atoms with E-state index >= 15 is 0 Å². The molecule has 1 aromatic rings. The Bertz CT molecular complexity index is 292. The molecule has 1 rings (SSSR count). The Balaban J connectivity index is 2.95. The number of Topliss-reactive ketones (excluding diaryl/α,β-unsaturated/α-hetero) is 1. The maximum atomic E-state index is 11.4. The van der Waals surface area contributed by atoms with Crippen molar-refractivity contribution in [3.05, 3.63) is 35.9 Å². The molecule has 0 unspecified atom stereocenters. The van der Waals surface area contributed by atoms with Crippen LogP contribution in [0.15, 0.2) is 30.3 Å². The fourth-order valence-corrected chi connectivity index (χ4v) is 1.62. The van der Waals surface area contributed by atoms with Gasteiger partial charge in [0.25, 0.3) is 0 Å². The molecule has 0 heterocycles. The van der Waals surface area contributed by atoms with Crippen LogP contribution in [0.25, 0.3) is 0 Å². The number of ketones is 1. The average Bonchev–Trinajstić information content (AvgIpc) is 2.19. The van der Waals surface area contributed by atoms with Crippen LogP contribution in [-0.2, 0) is 4.79 Å². The summed E-state index contributed by atoms with van der Waals surface area (Å²) in [6, 6.07) is 9.43. The summed E-state index contributed by atoms with van der Waals surface area (Å²) in [6.07, 6.45) is 0.0222. The first-order valence-electron chi connectivity index (χ1n) is 4.90. The molecule has 1 aromatic carbocycles. The van der Waals surface area contributed by atoms with Crippen LogP contribution in [0.2, 0.25) is 0 Å². The van der Waals surface area contributed by atoms with Gasteiger partial charge in [-0.3, -0.25) is 4.79 Å². The lowest BCUT2D eigenvalue weighted by Gasteiger charge is -2.19. The molecule has 0 bridgehead atoms. The predicted octanol–water partition coefficient (Wildman–Crippen LogP) is 2.13. The zero-order chi connectivity index (χ0) is 10.6. The van der Waals surface area contributed by atoms with Gasteiger partial charge in [0.15, 0.2) is 0 Å². The topological polar surface area (TPSA) is 37.3 Å². The molecule has 0 saturated carbocycles. The molecule has 0 aliphatic rings. The number of hydrogen-bond donors (Lipinski definition) is 1. The van der Waals surface area contributed by atoms with E-state index in [1.54, 1.807) is 0 Å². The lowest BCUT2D eigenvalue weighted by molar-refractivity contribution is -0.120. The van der Waals surface area contributed by atoms with Crippen molar-refractivity contribution < 1.29 is 9.90 Å². The molecule has 1 N–H and O–H groups in total. The van der Waals surface area contributed by atoms with E-state index in [-0.39, 0.29) is 11.7 Å². The predicted molar refractivity (Wildman–Crippen MR) is 56.2 cm³/mol. The summed E-state index contributed by atoms with van der Waals surface area (Å²) in [7, 11) is 0. The number of benzene rings is 1. The van der Waals surface area contributed by atoms with Crippen LogP contribution in [0.4, 0.5) is 0 Å². The van der Waals surface area contributed by atoms with Gasteiger partial charge >= 0.3 is 0 Å². The second kappa shape index (κ2) is 4.91. The summed E-state index contributed by atoms with van der Waals surface area (Å²) in [5, 5.41) is 9.72. The summed E-state index contributed by atoms with van der Waals surface area (Å²) in [5.41, 5.74) is 0.898. The Morgan fingerprint density at radius 3 is 2.36 bits per heavy atom. The molecule has 0 spiro atoms. The third kappa shape index (κ3) is 2.42. The SMILES string of the molecule is CC[C@H](O)[C@@H](C(C)=O)c1ccccc1. The Morgan fingerprint density at radius 1 is 1.36 bits per heavy atom. The lowest BCUT2D eigenvalue weighted by Crippen LogP contribution is -2.23. The quantitative estimate of drug-likeness (QED) is 0.793. The molecule has 0 amide bonds. The number of hydrogen-bond acceptors (Lipinski definition) is 2. The van der Waals surface area contributed by atoms with Gasteiger partial charge in [0, 0.05) is 0 Å². The number of rotatable bonds is 4. The molecule has 2 heteroatoms. The molecular formula is C12H16O2. The number of carbonyl (C=O) groups excluding carboxylic acids is 1. The summed E-state index contributed by atoms with van der Waals surface area (Å²) < 4.78 is 0. The summed E-state index contributed by atoms with van der Waals surface area (Å²) in [4.78, 5) is 11.4. The van der Waals surface area contributed by atoms with Crippen molar-refractivity contribution in [3.8, 4) is 0 Å². The van der Waals surface area contributed by atoms with Gasteiger partial charge in [0.2, 0.25) is 0 Å². The highest BCUT2D eigenvalue weighted by Crippen LogP contribution is 2.22. The van der Waals surface area contributed by atoms with Crippen LogP contribution < -0.4 is 0 Å². The Kier molecular flexibility index (Phi) is 3.84. The zero-order valence-corrected chi connectivity index (χ0v) is 8.60. The normalized spacial score (nSPS) is 14.8. The van der Waals surface area contributed by atoms with Gasteiger partial charge in [-0.1, -0.05) is 37.3 Å². The van der Waals surface area contributed by atoms with Gasteiger partial charge in [-0.25, -0.2) is 0 Å². The number of aliphatic hydroxyl groups excluding tert-OH is 1. The molecule has 0 aliphatic heterocycles. The van der Waals surface area contributed by atoms with E-state index in [0.29, 0.717) is 6.42 Å². The summed E-state index contributed by atoms with van der Waals surface area (Å²) >= 11 is 0. The van der Waals surface area contributed by atoms with Gasteiger partial charge in [-0.05, 0) is 18.9 Å². The number of aliphatic hydroxyl groups is 1. The van der Waals surface area contributed by atoms with Crippen molar-refractivity contribution in [1.82, 2.24) is 0 Å². The van der Waals surface area contributed by atoms with Crippen molar-refractivity contribution in [3.63, 3.8) is 0 Å². The summed E-state index contributed by atoms with van der Waals surface area (Å²) in [6.45, 7) is 3.40. The number of carbonyl (C=O) groups is 1. The largest absolute Gasteiger partial charge is 0.392 e. The van der Waals surface area contributed by atoms with E-state index in [1.807, 2.05) is 37.3 Å². The van der Waals surface area contributed by atoms with Crippen molar-refractivity contribution in [2.45, 2.75) is 32.3 Å². The van der Waals surface area contributed by atoms with Crippen LogP contribution in [0.3, 0.4) is 0 Å². The first kappa shape index (κ1) is 10.9. The highest BCUT2D eigenvalue weighted by molar-refractivity contribution is 5.84. The molecule has 0 fully saturated rings. The molecule has 0 aromatic heterocycles. The Morgan fingerprint density at radius 2 is 1.93 bits per heavy atom. The maximum Gasteiger partial charge on any atom is 0.139 e. The van der Waals surface area contributed by atoms with Gasteiger partial charge in [-0.15, -0.1) is 0 Å². The molecule has 0 aliphatic carbocycles. The van der Waals surface area contributed by atoms with Crippen molar-refractivity contribution >= 4 is 5.78 Å². The maximum absolute atomic E-state index is 11.4. The summed E-state index contributed by atoms with van der Waals surface area (Å²) in [5.74, 6) is -0.355. The van der Waals surface area contributed by atoms with E-state index in [9.17, 15) is 9.90 Å². The third-order valence-corrected chi connectivity index (χ3v) is 2.40. The zero-order valence-electron chi connectivity index (χ0n) is 8.60. The first-order chi connectivity index (χ1) is 6.66. The van der Waals surface area contributed by atoms with Crippen molar-refractivity contribution in [2.75, 3.05) is 0 Å². The smallest absolute Gasteiger partial charge is 0.139 e. The average molecular weight is 192 g/mol. The Labute approximate surface area is 84.6 Å². The van der Waals surface area contributed by atoms with Gasteiger partial charge in [0.05, 0.1) is 12.0 Å². The van der Waals surface area contributed by atoms with E-state index < -0.39 is 6.10 Å². The standard InChI is InChI=1S/C12H16O2/c1-3-11(14)12(9(2)13)10-7-5-4-6-8-10/h4-8,11-12,14H,3H2,1-2H3/t11-,12-/m0/s1. The third-order valence-electron chi connectivity index (χ3n) is 2.40. The van der Waals surface area contributed by atoms with E-state index in [4.69, 9.17) is 0 Å². The molecule has 14 heavy (non-hydrogen) atoms. The van der Waals surface area contributed by atoms with Crippen molar-refractivity contribution in [1.29, 1.82) is 0 Å². The lowest BCUT2D eigenvalue weighted by atomic mass is 9.89. The van der Waals surface area contributed by atoms with Gasteiger partial charge in [-0.2, -0.15) is 0 Å². The molecular weight excluding hydrogens is 176 g/mol. The second-order valence-electron chi connectivity index (χ2n) is 3.47. The second-order valence-corrected chi connectivity index (χ2v) is 3.47. The minimum absolute atomic E-state index is 0.0190. The molecule has 76 valence electrons. The fraction of sp³-hybridized carbons (Fsp3) is 0.417. The van der Waals surface area contributed by atoms with Crippen molar-refractivity contribution in [2.24, 2.45) is 0 Å². The van der Waals surface area contributed by atoms with Crippen LogP contribution in [0, 0.1) is 0 Å². The molecule has 0 radical (unpaired) electrons. The minimum atomic E-state index is -0.574. The molecule has 2 nitrogen and oxygen atoms in total. The van der Waals surface area contributed by atoms with E-state index in [0.717, 1.165) is 5.56 Å². The van der Waals surface area contributed by atoms with Gasteiger partial charge in [0.1, 0.15) is 5.78 Å². The van der Waals surface area contributed by atoms with Crippen LogP contribution in [0.5, 0.6) is 0 Å². The monoisotopic (exact) mass is 192 g/mol. The van der Waals surface area contributed by atoms with Gasteiger partial charge < -0.3 is 5.11 Å². The van der Waals surface area contributed by atoms with Crippen LogP contribution in [0.1, 0.15) is 31.7 Å². The fourth-order valence-electron chi connectivity index (χ4n) is 1.62. The molecule has 0 saturated heterocycles. The Hall–Kier alpha value is -1.15. The van der Waals surface area contributed by atoms with E-state index in [1.165, 1.54) is 6.92 Å². The van der Waals surface area contributed by atoms with Crippen LogP contribution in [-0.4, -0.2) is 17.0 Å². The molecule has 2 atom stereocenters. The highest BCUT2D eigenvalue weighted by Gasteiger charge is 2.23. The first-order valence-corrected chi connectivity index (χ1v) is 4.90. The minimum Gasteiger partial charge on any atom is -0.392 e. The van der Waals surface area contributed by atoms with E-state index in [2.05, 4.69) is 0 Å². The highest BCUT2D eigenvalue weighted by atomic mass is 16.3. The van der Waals surface area contributed by atoms with Crippen LogP contribution >= 0.6 is 0 Å².